The van der Waals surface area contributed by atoms with E-state index >= 15 is 0 Å². The van der Waals surface area contributed by atoms with Gasteiger partial charge in [0.05, 0.1) is 12.1 Å². The van der Waals surface area contributed by atoms with E-state index in [1.807, 2.05) is 31.4 Å². The molecule has 0 bridgehead atoms. The highest BCUT2D eigenvalue weighted by Gasteiger charge is 2.22. The SMILES string of the molecule is CCC(C)(CO)NC(=O)CCc1cccs1. The van der Waals surface area contributed by atoms with Crippen molar-refractivity contribution in [3.05, 3.63) is 22.4 Å². The Balaban J connectivity index is 2.36. The van der Waals surface area contributed by atoms with Gasteiger partial charge in [-0.2, -0.15) is 0 Å². The molecule has 4 heteroatoms. The number of nitrogens with one attached hydrogen (secondary N) is 1. The van der Waals surface area contributed by atoms with E-state index in [2.05, 4.69) is 5.32 Å². The largest absolute Gasteiger partial charge is 0.394 e. The van der Waals surface area contributed by atoms with Gasteiger partial charge >= 0.3 is 0 Å². The maximum Gasteiger partial charge on any atom is 0.220 e. The second kappa shape index (κ2) is 6.01. The van der Waals surface area contributed by atoms with E-state index in [4.69, 9.17) is 0 Å². The Morgan fingerprint density at radius 1 is 1.62 bits per heavy atom. The number of carbonyl (C=O) groups excluding carboxylic acids is 1. The number of thiophene rings is 1. The molecule has 1 heterocycles. The summed E-state index contributed by atoms with van der Waals surface area (Å²) in [6, 6.07) is 4.02. The number of carbonyl (C=O) groups is 1. The van der Waals surface area contributed by atoms with Gasteiger partial charge in [0.15, 0.2) is 0 Å². The first-order chi connectivity index (χ1) is 7.59. The molecule has 1 amide bonds. The van der Waals surface area contributed by atoms with Gasteiger partial charge in [-0.3, -0.25) is 4.79 Å². The molecule has 0 fully saturated rings. The van der Waals surface area contributed by atoms with Gasteiger partial charge < -0.3 is 10.4 Å². The quantitative estimate of drug-likeness (QED) is 0.800. The Hall–Kier alpha value is -0.870. The molecular formula is C12H19NO2S. The number of hydrogen-bond acceptors (Lipinski definition) is 3. The Bertz CT molecular complexity index is 318. The third kappa shape index (κ3) is 3.94. The predicted octanol–water partition coefficient (Wildman–Crippen LogP) is 1.96. The Labute approximate surface area is 100 Å². The number of aliphatic hydroxyl groups is 1. The summed E-state index contributed by atoms with van der Waals surface area (Å²) in [4.78, 5) is 12.9. The first-order valence-electron chi connectivity index (χ1n) is 5.54. The zero-order chi connectivity index (χ0) is 12.0. The third-order valence-electron chi connectivity index (χ3n) is 2.75. The van der Waals surface area contributed by atoms with E-state index in [1.54, 1.807) is 11.3 Å². The molecule has 1 rings (SSSR count). The number of amides is 1. The first-order valence-corrected chi connectivity index (χ1v) is 6.42. The third-order valence-corrected chi connectivity index (χ3v) is 3.69. The molecule has 1 atom stereocenters. The van der Waals surface area contributed by atoms with Crippen LogP contribution in [0.3, 0.4) is 0 Å². The number of aliphatic hydroxyl groups excluding tert-OH is 1. The number of rotatable bonds is 6. The predicted molar refractivity (Wildman–Crippen MR) is 66.6 cm³/mol. The lowest BCUT2D eigenvalue weighted by molar-refractivity contribution is -0.123. The molecule has 90 valence electrons. The monoisotopic (exact) mass is 241 g/mol. The lowest BCUT2D eigenvalue weighted by atomic mass is 10.00. The molecule has 0 saturated carbocycles. The van der Waals surface area contributed by atoms with E-state index in [0.29, 0.717) is 6.42 Å². The van der Waals surface area contributed by atoms with Crippen LogP contribution in [0.15, 0.2) is 17.5 Å². The van der Waals surface area contributed by atoms with Crippen LogP contribution in [0.25, 0.3) is 0 Å². The molecule has 0 aliphatic heterocycles. The molecule has 1 aromatic heterocycles. The van der Waals surface area contributed by atoms with E-state index in [1.165, 1.54) is 4.88 Å². The molecular weight excluding hydrogens is 222 g/mol. The van der Waals surface area contributed by atoms with Crippen LogP contribution in [-0.4, -0.2) is 23.2 Å². The molecule has 2 N–H and O–H groups in total. The Morgan fingerprint density at radius 3 is 2.88 bits per heavy atom. The molecule has 0 aromatic carbocycles. The van der Waals surface area contributed by atoms with Gasteiger partial charge in [-0.25, -0.2) is 0 Å². The lowest BCUT2D eigenvalue weighted by Gasteiger charge is -2.27. The van der Waals surface area contributed by atoms with Crippen molar-refractivity contribution in [3.8, 4) is 0 Å². The molecule has 0 aliphatic carbocycles. The second-order valence-corrected chi connectivity index (χ2v) is 5.23. The smallest absolute Gasteiger partial charge is 0.220 e. The molecule has 16 heavy (non-hydrogen) atoms. The van der Waals surface area contributed by atoms with Crippen molar-refractivity contribution >= 4 is 17.2 Å². The minimum atomic E-state index is -0.480. The van der Waals surface area contributed by atoms with E-state index in [9.17, 15) is 9.90 Å². The second-order valence-electron chi connectivity index (χ2n) is 4.20. The van der Waals surface area contributed by atoms with Crippen LogP contribution in [0.5, 0.6) is 0 Å². The normalized spacial score (nSPS) is 14.4. The van der Waals surface area contributed by atoms with E-state index in [-0.39, 0.29) is 12.5 Å². The molecule has 3 nitrogen and oxygen atoms in total. The van der Waals surface area contributed by atoms with Gasteiger partial charge in [-0.1, -0.05) is 13.0 Å². The summed E-state index contributed by atoms with van der Waals surface area (Å²) in [6.07, 6.45) is 1.99. The molecule has 0 saturated heterocycles. The first kappa shape index (κ1) is 13.2. The minimum absolute atomic E-state index is 0.00630. The fourth-order valence-electron chi connectivity index (χ4n) is 1.33. The summed E-state index contributed by atoms with van der Waals surface area (Å²) in [6.45, 7) is 3.79. The average molecular weight is 241 g/mol. The molecule has 0 aliphatic rings. The van der Waals surface area contributed by atoms with Crippen LogP contribution in [0.4, 0.5) is 0 Å². The molecule has 0 spiro atoms. The summed E-state index contributed by atoms with van der Waals surface area (Å²) in [5.41, 5.74) is -0.480. The summed E-state index contributed by atoms with van der Waals surface area (Å²) in [5, 5.41) is 14.1. The summed E-state index contributed by atoms with van der Waals surface area (Å²) in [5.74, 6) is 0.00630. The number of aryl methyl sites for hydroxylation is 1. The van der Waals surface area contributed by atoms with Crippen LogP contribution < -0.4 is 5.32 Å². The van der Waals surface area contributed by atoms with Crippen LogP contribution >= 0.6 is 11.3 Å². The Morgan fingerprint density at radius 2 is 2.38 bits per heavy atom. The van der Waals surface area contributed by atoms with Gasteiger partial charge in [-0.05, 0) is 31.2 Å². The lowest BCUT2D eigenvalue weighted by Crippen LogP contribution is -2.48. The molecule has 0 radical (unpaired) electrons. The highest BCUT2D eigenvalue weighted by Crippen LogP contribution is 2.12. The van der Waals surface area contributed by atoms with Gasteiger partial charge in [0, 0.05) is 11.3 Å². The maximum atomic E-state index is 11.7. The zero-order valence-corrected chi connectivity index (χ0v) is 10.6. The van der Waals surface area contributed by atoms with Crippen molar-refractivity contribution in [2.75, 3.05) is 6.61 Å². The van der Waals surface area contributed by atoms with Gasteiger partial charge in [0.1, 0.15) is 0 Å². The van der Waals surface area contributed by atoms with Crippen LogP contribution in [0.2, 0.25) is 0 Å². The topological polar surface area (TPSA) is 49.3 Å². The van der Waals surface area contributed by atoms with Crippen LogP contribution in [0.1, 0.15) is 31.6 Å². The van der Waals surface area contributed by atoms with Gasteiger partial charge in [-0.15, -0.1) is 11.3 Å². The van der Waals surface area contributed by atoms with Crippen LogP contribution in [0, 0.1) is 0 Å². The number of hydrogen-bond donors (Lipinski definition) is 2. The fraction of sp³-hybridized carbons (Fsp3) is 0.583. The van der Waals surface area contributed by atoms with Crippen molar-refractivity contribution in [1.29, 1.82) is 0 Å². The van der Waals surface area contributed by atoms with Crippen molar-refractivity contribution in [1.82, 2.24) is 5.32 Å². The van der Waals surface area contributed by atoms with Crippen molar-refractivity contribution < 1.29 is 9.90 Å². The van der Waals surface area contributed by atoms with Crippen molar-refractivity contribution in [2.24, 2.45) is 0 Å². The fourth-order valence-corrected chi connectivity index (χ4v) is 2.04. The standard InChI is InChI=1S/C12H19NO2S/c1-3-12(2,9-14)13-11(15)7-6-10-5-4-8-16-10/h4-5,8,14H,3,6-7,9H2,1-2H3,(H,13,15). The van der Waals surface area contributed by atoms with E-state index < -0.39 is 5.54 Å². The summed E-state index contributed by atoms with van der Waals surface area (Å²) in [7, 11) is 0. The minimum Gasteiger partial charge on any atom is -0.394 e. The highest BCUT2D eigenvalue weighted by molar-refractivity contribution is 7.09. The Kier molecular flexibility index (Phi) is 4.96. The van der Waals surface area contributed by atoms with Gasteiger partial charge in [0.2, 0.25) is 5.91 Å². The highest BCUT2D eigenvalue weighted by atomic mass is 32.1. The molecule has 1 aromatic rings. The van der Waals surface area contributed by atoms with E-state index in [0.717, 1.165) is 12.8 Å². The van der Waals surface area contributed by atoms with Crippen molar-refractivity contribution in [3.63, 3.8) is 0 Å². The zero-order valence-electron chi connectivity index (χ0n) is 9.82. The average Bonchev–Trinajstić information content (AvgIpc) is 2.79. The summed E-state index contributed by atoms with van der Waals surface area (Å²) < 4.78 is 0. The summed E-state index contributed by atoms with van der Waals surface area (Å²) >= 11 is 1.67. The van der Waals surface area contributed by atoms with Crippen molar-refractivity contribution in [2.45, 2.75) is 38.6 Å². The van der Waals surface area contributed by atoms with Crippen LogP contribution in [-0.2, 0) is 11.2 Å². The maximum absolute atomic E-state index is 11.7. The molecule has 1 unspecified atom stereocenters. The van der Waals surface area contributed by atoms with Gasteiger partial charge in [0.25, 0.3) is 0 Å².